The van der Waals surface area contributed by atoms with Crippen molar-refractivity contribution in [1.29, 1.82) is 0 Å². The third kappa shape index (κ3) is 4.48. The zero-order valence-corrected chi connectivity index (χ0v) is 10.8. The molecule has 114 valence electrons. The molecule has 2 N–H and O–H groups in total. The van der Waals surface area contributed by atoms with Crippen molar-refractivity contribution in [2.24, 2.45) is 11.7 Å². The fourth-order valence-corrected chi connectivity index (χ4v) is 2.76. The van der Waals surface area contributed by atoms with E-state index in [0.29, 0.717) is 6.07 Å². The Bertz CT molecular complexity index is 485. The molecule has 2 atom stereocenters. The van der Waals surface area contributed by atoms with Crippen LogP contribution in [0.3, 0.4) is 0 Å². The molecule has 0 fully saturated rings. The summed E-state index contributed by atoms with van der Waals surface area (Å²) in [6.45, 7) is -0.770. The highest BCUT2D eigenvalue weighted by Gasteiger charge is 2.40. The smallest absolute Gasteiger partial charge is 0.330 e. The Morgan fingerprint density at radius 3 is 2.20 bits per heavy atom. The van der Waals surface area contributed by atoms with E-state index in [1.165, 1.54) is 0 Å². The van der Waals surface area contributed by atoms with Gasteiger partial charge in [0.25, 0.3) is 0 Å². The van der Waals surface area contributed by atoms with Gasteiger partial charge in [-0.15, -0.1) is 0 Å². The Labute approximate surface area is 113 Å². The van der Waals surface area contributed by atoms with Gasteiger partial charge in [-0.05, 0) is 18.2 Å². The molecule has 9 heteroatoms. The van der Waals surface area contributed by atoms with Crippen LogP contribution in [0.1, 0.15) is 5.56 Å². The third-order valence-electron chi connectivity index (χ3n) is 2.52. The Hall–Kier alpha value is -1.09. The molecular weight excluding hydrogens is 308 g/mol. The molecule has 0 spiro atoms. The van der Waals surface area contributed by atoms with Gasteiger partial charge in [0.15, 0.2) is 0 Å². The van der Waals surface area contributed by atoms with Gasteiger partial charge in [0.05, 0.1) is 22.3 Å². The zero-order chi connectivity index (χ0) is 15.6. The van der Waals surface area contributed by atoms with Crippen molar-refractivity contribution in [1.82, 2.24) is 0 Å². The van der Waals surface area contributed by atoms with E-state index < -0.39 is 46.9 Å². The second-order valence-corrected chi connectivity index (χ2v) is 5.51. The maximum atomic E-state index is 12.5. The predicted octanol–water partition coefficient (Wildman–Crippen LogP) is 2.95. The maximum Gasteiger partial charge on any atom is 0.416 e. The van der Waals surface area contributed by atoms with Crippen molar-refractivity contribution < 1.29 is 30.6 Å². The molecule has 0 aromatic heterocycles. The molecule has 0 bridgehead atoms. The number of rotatable bonds is 4. The van der Waals surface area contributed by atoms with Crippen LogP contribution in [0.2, 0.25) is 0 Å². The minimum atomic E-state index is -4.64. The first-order valence-electron chi connectivity index (χ1n) is 5.38. The van der Waals surface area contributed by atoms with Gasteiger partial charge in [-0.1, -0.05) is 6.07 Å². The van der Waals surface area contributed by atoms with E-state index in [2.05, 4.69) is 0 Å². The Balaban J connectivity index is 2.93. The Morgan fingerprint density at radius 1 is 1.15 bits per heavy atom. The van der Waals surface area contributed by atoms with E-state index in [0.717, 1.165) is 18.2 Å². The maximum absolute atomic E-state index is 12.5. The largest absolute Gasteiger partial charge is 0.416 e. The van der Waals surface area contributed by atoms with Crippen LogP contribution in [0.25, 0.3) is 0 Å². The first kappa shape index (κ1) is 17.0. The summed E-state index contributed by atoms with van der Waals surface area (Å²) in [4.78, 5) is -0.303. The summed E-state index contributed by atoms with van der Waals surface area (Å²) in [5.41, 5.74) is 3.89. The van der Waals surface area contributed by atoms with E-state index in [1.54, 1.807) is 0 Å². The SMILES string of the molecule is NCC(CS(=O)c1cccc(C(F)(F)F)c1)C(F)(F)F. The first-order valence-corrected chi connectivity index (χ1v) is 6.70. The van der Waals surface area contributed by atoms with Crippen LogP contribution in [-0.2, 0) is 17.0 Å². The predicted molar refractivity (Wildman–Crippen MR) is 61.3 cm³/mol. The number of benzene rings is 1. The molecule has 1 aromatic rings. The molecule has 0 aliphatic rings. The van der Waals surface area contributed by atoms with Crippen LogP contribution >= 0.6 is 0 Å². The van der Waals surface area contributed by atoms with Gasteiger partial charge < -0.3 is 5.73 Å². The molecule has 0 aliphatic heterocycles. The monoisotopic (exact) mass is 319 g/mol. The van der Waals surface area contributed by atoms with Gasteiger partial charge in [0, 0.05) is 17.2 Å². The highest BCUT2D eigenvalue weighted by molar-refractivity contribution is 7.85. The average molecular weight is 319 g/mol. The molecule has 1 rings (SSSR count). The summed E-state index contributed by atoms with van der Waals surface area (Å²) in [6.07, 6.45) is -9.27. The zero-order valence-electron chi connectivity index (χ0n) is 9.96. The van der Waals surface area contributed by atoms with E-state index >= 15 is 0 Å². The summed E-state index contributed by atoms with van der Waals surface area (Å²) in [6, 6.07) is 3.43. The van der Waals surface area contributed by atoms with Crippen molar-refractivity contribution in [2.45, 2.75) is 17.2 Å². The molecule has 0 saturated heterocycles. The quantitative estimate of drug-likeness (QED) is 0.867. The van der Waals surface area contributed by atoms with E-state index in [9.17, 15) is 30.6 Å². The second kappa shape index (κ2) is 6.13. The summed E-state index contributed by atoms with van der Waals surface area (Å²) < 4.78 is 86.5. The molecule has 2 nitrogen and oxygen atoms in total. The lowest BCUT2D eigenvalue weighted by molar-refractivity contribution is -0.165. The molecule has 0 aliphatic carbocycles. The number of nitrogens with two attached hydrogens (primary N) is 1. The molecule has 0 saturated carbocycles. The standard InChI is InChI=1S/C11H11F6NOS/c12-10(13,14)7-2-1-3-9(4-7)20(19)6-8(5-18)11(15,16)17/h1-4,8H,5-6,18H2. The Kier molecular flexibility index (Phi) is 5.20. The number of halogens is 6. The highest BCUT2D eigenvalue weighted by atomic mass is 32.2. The minimum Gasteiger partial charge on any atom is -0.330 e. The van der Waals surface area contributed by atoms with Crippen LogP contribution in [0.5, 0.6) is 0 Å². The topological polar surface area (TPSA) is 43.1 Å². The van der Waals surface area contributed by atoms with Crippen LogP contribution < -0.4 is 5.73 Å². The average Bonchev–Trinajstić information content (AvgIpc) is 2.33. The highest BCUT2D eigenvalue weighted by Crippen LogP contribution is 2.31. The first-order chi connectivity index (χ1) is 9.05. The fourth-order valence-electron chi connectivity index (χ4n) is 1.39. The Morgan fingerprint density at radius 2 is 1.75 bits per heavy atom. The molecule has 1 aromatic carbocycles. The van der Waals surface area contributed by atoms with E-state index in [1.807, 2.05) is 0 Å². The van der Waals surface area contributed by atoms with Crippen LogP contribution in [0, 0.1) is 5.92 Å². The van der Waals surface area contributed by atoms with Crippen molar-refractivity contribution in [3.8, 4) is 0 Å². The second-order valence-electron chi connectivity index (χ2n) is 4.01. The van der Waals surface area contributed by atoms with Crippen LogP contribution in [-0.4, -0.2) is 22.7 Å². The molecule has 2 unspecified atom stereocenters. The number of hydrogen-bond acceptors (Lipinski definition) is 2. The molecule has 0 radical (unpaired) electrons. The minimum absolute atomic E-state index is 0.303. The summed E-state index contributed by atoms with van der Waals surface area (Å²) in [5, 5.41) is 0. The van der Waals surface area contributed by atoms with Gasteiger partial charge in [0.1, 0.15) is 0 Å². The lowest BCUT2D eigenvalue weighted by atomic mass is 10.2. The van der Waals surface area contributed by atoms with Crippen LogP contribution in [0.4, 0.5) is 26.3 Å². The lowest BCUT2D eigenvalue weighted by Crippen LogP contribution is -2.34. The van der Waals surface area contributed by atoms with Crippen molar-refractivity contribution >= 4 is 10.8 Å². The number of alkyl halides is 6. The molecule has 0 heterocycles. The van der Waals surface area contributed by atoms with Crippen molar-refractivity contribution in [2.75, 3.05) is 12.3 Å². The van der Waals surface area contributed by atoms with Gasteiger partial charge in [-0.3, -0.25) is 4.21 Å². The van der Waals surface area contributed by atoms with Gasteiger partial charge in [0.2, 0.25) is 0 Å². The lowest BCUT2D eigenvalue weighted by Gasteiger charge is -2.18. The summed E-state index contributed by atoms with van der Waals surface area (Å²) in [7, 11) is -2.20. The van der Waals surface area contributed by atoms with Crippen molar-refractivity contribution in [3.63, 3.8) is 0 Å². The third-order valence-corrected chi connectivity index (χ3v) is 4.01. The molecule has 0 amide bonds. The van der Waals surface area contributed by atoms with Gasteiger partial charge >= 0.3 is 12.4 Å². The molecular formula is C11H11F6NOS. The van der Waals surface area contributed by atoms with E-state index in [4.69, 9.17) is 5.73 Å². The molecule has 20 heavy (non-hydrogen) atoms. The fraction of sp³-hybridized carbons (Fsp3) is 0.455. The normalized spacial score (nSPS) is 15.9. The van der Waals surface area contributed by atoms with Crippen molar-refractivity contribution in [3.05, 3.63) is 29.8 Å². The summed E-state index contributed by atoms with van der Waals surface area (Å²) >= 11 is 0. The summed E-state index contributed by atoms with van der Waals surface area (Å²) in [5.74, 6) is -2.88. The van der Waals surface area contributed by atoms with Gasteiger partial charge in [-0.25, -0.2) is 0 Å². The van der Waals surface area contributed by atoms with Gasteiger partial charge in [-0.2, -0.15) is 26.3 Å². The van der Waals surface area contributed by atoms with Crippen LogP contribution in [0.15, 0.2) is 29.2 Å². The number of hydrogen-bond donors (Lipinski definition) is 1. The van der Waals surface area contributed by atoms with E-state index in [-0.39, 0.29) is 4.90 Å².